The first-order valence-corrected chi connectivity index (χ1v) is 14.1. The Morgan fingerprint density at radius 2 is 1.86 bits per heavy atom. The van der Waals surface area contributed by atoms with E-state index in [2.05, 4.69) is 61.5 Å². The van der Waals surface area contributed by atoms with Crippen molar-refractivity contribution < 1.29 is 9.38 Å². The second kappa shape index (κ2) is 6.88. The maximum Gasteiger partial charge on any atom is 0.0975 e. The largest absolute Gasteiger partial charge is 0.633 e. The topological polar surface area (TPSA) is 32.3 Å². The highest BCUT2D eigenvalue weighted by Crippen LogP contribution is 2.69. The Hall–Kier alpha value is -1.94. The predicted molar refractivity (Wildman–Crippen MR) is 140 cm³/mol. The third-order valence-corrected chi connectivity index (χ3v) is 11.6. The van der Waals surface area contributed by atoms with Crippen molar-refractivity contribution in [3.63, 3.8) is 0 Å². The lowest BCUT2D eigenvalue weighted by molar-refractivity contribution is -0.943. The van der Waals surface area contributed by atoms with Gasteiger partial charge in [0.2, 0.25) is 0 Å². The summed E-state index contributed by atoms with van der Waals surface area (Å²) < 4.78 is 7.48. The number of nitrogens with zero attached hydrogens (tertiary/aromatic N) is 1. The van der Waals surface area contributed by atoms with Gasteiger partial charge in [0.05, 0.1) is 30.3 Å². The predicted octanol–water partition coefficient (Wildman–Crippen LogP) is 7.17. The molecule has 0 unspecified atom stereocenters. The number of hydrogen-bond acceptors (Lipinski definition) is 2. The molecule has 2 aromatic carbocycles. The highest BCUT2D eigenvalue weighted by atomic mass is 16.6. The van der Waals surface area contributed by atoms with E-state index in [1.54, 1.807) is 0 Å². The van der Waals surface area contributed by atoms with Gasteiger partial charge in [-0.15, -0.1) is 0 Å². The maximum absolute atomic E-state index is 13.3. The van der Waals surface area contributed by atoms with Crippen LogP contribution in [-0.2, 0) is 4.74 Å². The number of rotatable bonds is 2. The van der Waals surface area contributed by atoms with Crippen LogP contribution in [0.5, 0.6) is 0 Å². The van der Waals surface area contributed by atoms with Gasteiger partial charge in [-0.05, 0) is 83.3 Å². The molecule has 6 aliphatic rings. The highest BCUT2D eigenvalue weighted by Gasteiger charge is 2.67. The molecule has 3 nitrogen and oxygen atoms in total. The average molecular weight is 468 g/mol. The molecule has 2 spiro atoms. The van der Waals surface area contributed by atoms with Crippen molar-refractivity contribution in [1.82, 2.24) is 0 Å². The van der Waals surface area contributed by atoms with Gasteiger partial charge in [-0.25, -0.2) is 0 Å². The SMILES string of the molecule is C[C@]12CC=C3C=C4CC[C@@H]([N+]5([O-])CCC5)C[C@]45CC[C@]3(O5)[C@@H]1CC[C@@H]2c1ccc2ccccc2c1. The summed E-state index contributed by atoms with van der Waals surface area (Å²) >= 11 is 0. The quantitative estimate of drug-likeness (QED) is 0.346. The molecule has 182 valence electrons. The summed E-state index contributed by atoms with van der Waals surface area (Å²) in [5, 5.41) is 16.0. The highest BCUT2D eigenvalue weighted by molar-refractivity contribution is 5.83. The first-order chi connectivity index (χ1) is 16.9. The number of ether oxygens (including phenoxy) is 1. The van der Waals surface area contributed by atoms with E-state index in [9.17, 15) is 5.21 Å². The van der Waals surface area contributed by atoms with E-state index in [0.717, 1.165) is 58.0 Å². The first-order valence-electron chi connectivity index (χ1n) is 14.1. The molecular weight excluding hydrogens is 430 g/mol. The summed E-state index contributed by atoms with van der Waals surface area (Å²) in [5.74, 6) is 1.13. The summed E-state index contributed by atoms with van der Waals surface area (Å²) in [6.45, 7) is 4.20. The molecule has 2 saturated carbocycles. The molecule has 4 fully saturated rings. The summed E-state index contributed by atoms with van der Waals surface area (Å²) in [4.78, 5) is 0. The number of hydrogen-bond donors (Lipinski definition) is 0. The molecule has 0 radical (unpaired) electrons. The molecular formula is C32H37NO2. The summed E-state index contributed by atoms with van der Waals surface area (Å²) in [6.07, 6.45) is 15.2. The monoisotopic (exact) mass is 467 g/mol. The van der Waals surface area contributed by atoms with Crippen molar-refractivity contribution in [1.29, 1.82) is 0 Å². The molecule has 2 aromatic rings. The molecule has 0 N–H and O–H groups in total. The minimum absolute atomic E-state index is 0.0548. The van der Waals surface area contributed by atoms with Crippen LogP contribution < -0.4 is 0 Å². The zero-order chi connectivity index (χ0) is 23.5. The fourth-order valence-electron chi connectivity index (χ4n) is 9.59. The summed E-state index contributed by atoms with van der Waals surface area (Å²) in [5.41, 5.74) is 4.43. The van der Waals surface area contributed by atoms with E-state index < -0.39 is 0 Å². The fourth-order valence-corrected chi connectivity index (χ4v) is 9.59. The van der Waals surface area contributed by atoms with Crippen LogP contribution in [-0.4, -0.2) is 35.0 Å². The number of benzene rings is 2. The van der Waals surface area contributed by atoms with Crippen molar-refractivity contribution in [3.8, 4) is 0 Å². The zero-order valence-electron chi connectivity index (χ0n) is 21.0. The Morgan fingerprint density at radius 3 is 2.69 bits per heavy atom. The van der Waals surface area contributed by atoms with E-state index in [1.807, 2.05) is 0 Å². The van der Waals surface area contributed by atoms with Crippen molar-refractivity contribution >= 4 is 10.8 Å². The van der Waals surface area contributed by atoms with Crippen LogP contribution in [0.1, 0.15) is 76.2 Å². The Morgan fingerprint density at radius 1 is 1.00 bits per heavy atom. The van der Waals surface area contributed by atoms with Crippen LogP contribution in [0.4, 0.5) is 0 Å². The molecule has 6 atom stereocenters. The van der Waals surface area contributed by atoms with Crippen molar-refractivity contribution in [2.24, 2.45) is 11.3 Å². The van der Waals surface area contributed by atoms with E-state index in [0.29, 0.717) is 11.8 Å². The molecule has 35 heavy (non-hydrogen) atoms. The first kappa shape index (κ1) is 21.2. The molecule has 2 bridgehead atoms. The van der Waals surface area contributed by atoms with Gasteiger partial charge >= 0.3 is 0 Å². The van der Waals surface area contributed by atoms with E-state index >= 15 is 0 Å². The second-order valence-electron chi connectivity index (χ2n) is 13.0. The standard InChI is InChI=1S/C32H37NO2/c1-30-14-13-26-20-25-9-10-27(33(34)17-4-18-33)21-31(25)15-16-32(26,35-31)29(30)12-11-28(30)24-8-7-22-5-2-3-6-23(22)19-24/h2-3,5-8,13,19-20,27-29H,4,9-12,14-18,21H2,1H3/t27-,28-,29-,30-,31-,32-/m1/s1. The number of quaternary nitrogens is 1. The maximum atomic E-state index is 13.3. The van der Waals surface area contributed by atoms with Crippen molar-refractivity contribution in [2.75, 3.05) is 13.1 Å². The number of fused-ring (bicyclic) bond motifs is 2. The fraction of sp³-hybridized carbons (Fsp3) is 0.562. The van der Waals surface area contributed by atoms with Crippen LogP contribution in [0.3, 0.4) is 0 Å². The van der Waals surface area contributed by atoms with Crippen molar-refractivity contribution in [3.05, 3.63) is 76.5 Å². The van der Waals surface area contributed by atoms with E-state index in [-0.39, 0.29) is 27.3 Å². The van der Waals surface area contributed by atoms with Gasteiger partial charge < -0.3 is 14.6 Å². The lowest BCUT2D eigenvalue weighted by atomic mass is 9.58. The molecule has 0 aromatic heterocycles. The zero-order valence-corrected chi connectivity index (χ0v) is 21.0. The van der Waals surface area contributed by atoms with Gasteiger partial charge in [-0.2, -0.15) is 0 Å². The lowest BCUT2D eigenvalue weighted by Crippen LogP contribution is -2.63. The van der Waals surface area contributed by atoms with E-state index in [4.69, 9.17) is 4.74 Å². The second-order valence-corrected chi connectivity index (χ2v) is 13.0. The molecule has 3 aliphatic carbocycles. The third kappa shape index (κ3) is 2.68. The molecule has 3 heteroatoms. The van der Waals surface area contributed by atoms with Crippen LogP contribution in [0.25, 0.3) is 10.8 Å². The summed E-state index contributed by atoms with van der Waals surface area (Å²) in [7, 11) is 0. The van der Waals surface area contributed by atoms with Crippen LogP contribution in [0, 0.1) is 16.5 Å². The molecule has 3 heterocycles. The normalized spacial score (nSPS) is 43.0. The van der Waals surface area contributed by atoms with Crippen LogP contribution >= 0.6 is 0 Å². The van der Waals surface area contributed by atoms with Gasteiger partial charge in [-0.3, -0.25) is 0 Å². The Balaban J connectivity index is 1.16. The number of likely N-dealkylation sites (tertiary alicyclic amines) is 1. The summed E-state index contributed by atoms with van der Waals surface area (Å²) in [6, 6.07) is 16.2. The number of hydroxylamine groups is 3. The van der Waals surface area contributed by atoms with Crippen molar-refractivity contribution in [2.45, 2.75) is 87.9 Å². The smallest absolute Gasteiger partial charge is 0.0975 e. The van der Waals surface area contributed by atoms with Gasteiger partial charge in [0, 0.05) is 19.3 Å². The number of allylic oxidation sites excluding steroid dienone is 1. The Labute approximate surface area is 209 Å². The van der Waals surface area contributed by atoms with E-state index in [1.165, 1.54) is 40.3 Å². The van der Waals surface area contributed by atoms with Crippen LogP contribution in [0.15, 0.2) is 65.8 Å². The minimum atomic E-state index is -0.162. The molecule has 0 amide bonds. The Bertz CT molecular complexity index is 1290. The van der Waals surface area contributed by atoms with Gasteiger partial charge in [0.15, 0.2) is 0 Å². The van der Waals surface area contributed by atoms with Gasteiger partial charge in [0.1, 0.15) is 0 Å². The Kier molecular flexibility index (Phi) is 4.16. The average Bonchev–Trinajstić information content (AvgIpc) is 3.37. The van der Waals surface area contributed by atoms with Gasteiger partial charge in [-0.1, -0.05) is 61.5 Å². The lowest BCUT2D eigenvalue weighted by Gasteiger charge is -2.60. The molecule has 2 saturated heterocycles. The molecule has 8 rings (SSSR count). The third-order valence-electron chi connectivity index (χ3n) is 11.6. The molecule has 3 aliphatic heterocycles. The van der Waals surface area contributed by atoms with Gasteiger partial charge in [0.25, 0.3) is 0 Å². The van der Waals surface area contributed by atoms with Crippen LogP contribution in [0.2, 0.25) is 0 Å². The minimum Gasteiger partial charge on any atom is -0.633 e.